The van der Waals surface area contributed by atoms with Crippen LogP contribution in [0.2, 0.25) is 0 Å². The van der Waals surface area contributed by atoms with E-state index in [0.29, 0.717) is 12.8 Å². The molecular weight excluding hydrogens is 270 g/mol. The molecule has 1 saturated carbocycles. The molecule has 1 unspecified atom stereocenters. The van der Waals surface area contributed by atoms with Gasteiger partial charge in [0.15, 0.2) is 0 Å². The Hall–Kier alpha value is -1.10. The first-order chi connectivity index (χ1) is 10.1. The number of carbonyl (C=O) groups excluding carboxylic acids is 1. The number of hydrogen-bond donors (Lipinski definition) is 1. The summed E-state index contributed by atoms with van der Waals surface area (Å²) in [7, 11) is 0. The summed E-state index contributed by atoms with van der Waals surface area (Å²) >= 11 is 0. The molecule has 0 aromatic heterocycles. The monoisotopic (exact) mass is 297 g/mol. The molecule has 0 aromatic rings. The first-order valence-corrected chi connectivity index (χ1v) is 8.25. The molecule has 1 heterocycles. The van der Waals surface area contributed by atoms with E-state index in [0.717, 1.165) is 38.8 Å². The first-order valence-electron chi connectivity index (χ1n) is 8.25. The van der Waals surface area contributed by atoms with Crippen molar-refractivity contribution in [3.05, 3.63) is 0 Å². The number of carboxylic acids is 1. The van der Waals surface area contributed by atoms with Crippen molar-refractivity contribution < 1.29 is 19.4 Å². The van der Waals surface area contributed by atoms with E-state index in [1.54, 1.807) is 0 Å². The largest absolute Gasteiger partial charge is 0.481 e. The van der Waals surface area contributed by atoms with Crippen molar-refractivity contribution in [2.24, 2.45) is 5.92 Å². The number of likely N-dealkylation sites (tertiary alicyclic amines) is 1. The van der Waals surface area contributed by atoms with Crippen LogP contribution < -0.4 is 0 Å². The van der Waals surface area contributed by atoms with Crippen LogP contribution in [0.4, 0.5) is 0 Å². The molecule has 1 aliphatic carbocycles. The minimum Gasteiger partial charge on any atom is -0.481 e. The number of rotatable bonds is 4. The van der Waals surface area contributed by atoms with Crippen LogP contribution in [0.5, 0.6) is 0 Å². The van der Waals surface area contributed by atoms with Gasteiger partial charge in [0.25, 0.3) is 5.91 Å². The molecule has 5 nitrogen and oxygen atoms in total. The minimum absolute atomic E-state index is 0.0338. The Kier molecular flexibility index (Phi) is 6.03. The lowest BCUT2D eigenvalue weighted by molar-refractivity contribution is -0.151. The summed E-state index contributed by atoms with van der Waals surface area (Å²) < 4.78 is 5.89. The summed E-state index contributed by atoms with van der Waals surface area (Å²) in [6, 6.07) is 0. The molecule has 5 heteroatoms. The third kappa shape index (κ3) is 4.70. The van der Waals surface area contributed by atoms with Gasteiger partial charge in [0.1, 0.15) is 6.10 Å². The lowest BCUT2D eigenvalue weighted by atomic mass is 9.87. The average molecular weight is 297 g/mol. The third-order valence-corrected chi connectivity index (χ3v) is 4.69. The predicted octanol–water partition coefficient (Wildman–Crippen LogP) is 2.44. The second kappa shape index (κ2) is 7.78. The highest BCUT2D eigenvalue weighted by Crippen LogP contribution is 2.27. The highest BCUT2D eigenvalue weighted by molar-refractivity contribution is 5.80. The van der Waals surface area contributed by atoms with Gasteiger partial charge in [-0.05, 0) is 45.4 Å². The number of amides is 1. The van der Waals surface area contributed by atoms with Crippen molar-refractivity contribution >= 4 is 11.9 Å². The molecule has 120 valence electrons. The van der Waals surface area contributed by atoms with Gasteiger partial charge in [0.05, 0.1) is 12.0 Å². The van der Waals surface area contributed by atoms with Crippen LogP contribution in [0.1, 0.15) is 58.3 Å². The first kappa shape index (κ1) is 16.3. The SMILES string of the molecule is CC(OC1CCC(C(=O)O)CC1)C(=O)N1CCCCCC1. The van der Waals surface area contributed by atoms with Gasteiger partial charge < -0.3 is 14.7 Å². The molecule has 2 rings (SSSR count). The maximum absolute atomic E-state index is 12.4. The van der Waals surface area contributed by atoms with Gasteiger partial charge >= 0.3 is 5.97 Å². The fraction of sp³-hybridized carbons (Fsp3) is 0.875. The Morgan fingerprint density at radius 1 is 1.05 bits per heavy atom. The number of aliphatic carboxylic acids is 1. The summed E-state index contributed by atoms with van der Waals surface area (Å²) in [6.45, 7) is 3.52. The van der Waals surface area contributed by atoms with Gasteiger partial charge in [-0.1, -0.05) is 12.8 Å². The zero-order valence-corrected chi connectivity index (χ0v) is 12.9. The van der Waals surface area contributed by atoms with Crippen LogP contribution in [0, 0.1) is 5.92 Å². The summed E-state index contributed by atoms with van der Waals surface area (Å²) in [5.41, 5.74) is 0. The van der Waals surface area contributed by atoms with E-state index in [4.69, 9.17) is 9.84 Å². The Labute approximate surface area is 126 Å². The second-order valence-corrected chi connectivity index (χ2v) is 6.33. The minimum atomic E-state index is -0.706. The van der Waals surface area contributed by atoms with Crippen molar-refractivity contribution in [1.29, 1.82) is 0 Å². The quantitative estimate of drug-likeness (QED) is 0.865. The highest BCUT2D eigenvalue weighted by Gasteiger charge is 2.30. The number of ether oxygens (including phenoxy) is 1. The fourth-order valence-corrected chi connectivity index (χ4v) is 3.34. The zero-order chi connectivity index (χ0) is 15.2. The Morgan fingerprint density at radius 2 is 1.62 bits per heavy atom. The Balaban J connectivity index is 1.77. The maximum atomic E-state index is 12.4. The molecule has 2 fully saturated rings. The van der Waals surface area contributed by atoms with Gasteiger partial charge in [-0.25, -0.2) is 0 Å². The number of carboxylic acid groups (broad SMARTS) is 1. The average Bonchev–Trinajstić information content (AvgIpc) is 2.76. The molecule has 0 spiro atoms. The van der Waals surface area contributed by atoms with E-state index < -0.39 is 12.1 Å². The summed E-state index contributed by atoms with van der Waals surface area (Å²) in [5, 5.41) is 8.99. The van der Waals surface area contributed by atoms with Crippen LogP contribution in [-0.4, -0.2) is 47.2 Å². The highest BCUT2D eigenvalue weighted by atomic mass is 16.5. The summed E-state index contributed by atoms with van der Waals surface area (Å²) in [6.07, 6.45) is 7.01. The number of hydrogen-bond acceptors (Lipinski definition) is 3. The molecule has 0 aromatic carbocycles. The third-order valence-electron chi connectivity index (χ3n) is 4.69. The molecule has 1 saturated heterocycles. The molecule has 1 N–H and O–H groups in total. The molecule has 21 heavy (non-hydrogen) atoms. The maximum Gasteiger partial charge on any atom is 0.306 e. The predicted molar refractivity (Wildman–Crippen MR) is 79.0 cm³/mol. The summed E-state index contributed by atoms with van der Waals surface area (Å²) in [4.78, 5) is 25.3. The standard InChI is InChI=1S/C16H27NO4/c1-12(15(18)17-10-4-2-3-5-11-17)21-14-8-6-13(7-9-14)16(19)20/h12-14H,2-11H2,1H3,(H,19,20). The molecule has 2 aliphatic rings. The molecular formula is C16H27NO4. The van der Waals surface area contributed by atoms with E-state index in [9.17, 15) is 9.59 Å². The van der Waals surface area contributed by atoms with Crippen molar-refractivity contribution in [3.63, 3.8) is 0 Å². The van der Waals surface area contributed by atoms with Crippen LogP contribution in [-0.2, 0) is 14.3 Å². The van der Waals surface area contributed by atoms with E-state index in [1.807, 2.05) is 11.8 Å². The molecule has 1 amide bonds. The second-order valence-electron chi connectivity index (χ2n) is 6.33. The van der Waals surface area contributed by atoms with E-state index >= 15 is 0 Å². The van der Waals surface area contributed by atoms with Crippen LogP contribution in [0.15, 0.2) is 0 Å². The van der Waals surface area contributed by atoms with Crippen LogP contribution in [0.25, 0.3) is 0 Å². The number of nitrogens with zero attached hydrogens (tertiary/aromatic N) is 1. The van der Waals surface area contributed by atoms with Crippen molar-refractivity contribution in [2.45, 2.75) is 70.5 Å². The van der Waals surface area contributed by atoms with E-state index in [1.165, 1.54) is 12.8 Å². The smallest absolute Gasteiger partial charge is 0.306 e. The van der Waals surface area contributed by atoms with Crippen LogP contribution in [0.3, 0.4) is 0 Å². The number of carbonyl (C=O) groups is 2. The lowest BCUT2D eigenvalue weighted by Crippen LogP contribution is -2.41. The molecule has 1 atom stereocenters. The van der Waals surface area contributed by atoms with Crippen molar-refractivity contribution in [3.8, 4) is 0 Å². The van der Waals surface area contributed by atoms with Gasteiger partial charge in [0.2, 0.25) is 0 Å². The lowest BCUT2D eigenvalue weighted by Gasteiger charge is -2.30. The van der Waals surface area contributed by atoms with E-state index in [-0.39, 0.29) is 17.9 Å². The Bertz CT molecular complexity index is 355. The fourth-order valence-electron chi connectivity index (χ4n) is 3.34. The van der Waals surface area contributed by atoms with Crippen LogP contribution >= 0.6 is 0 Å². The molecule has 1 aliphatic heterocycles. The van der Waals surface area contributed by atoms with Gasteiger partial charge in [-0.2, -0.15) is 0 Å². The van der Waals surface area contributed by atoms with Gasteiger partial charge in [-0.3, -0.25) is 9.59 Å². The van der Waals surface area contributed by atoms with Gasteiger partial charge in [-0.15, -0.1) is 0 Å². The van der Waals surface area contributed by atoms with Crippen molar-refractivity contribution in [1.82, 2.24) is 4.90 Å². The van der Waals surface area contributed by atoms with E-state index in [2.05, 4.69) is 0 Å². The molecule has 0 bridgehead atoms. The Morgan fingerprint density at radius 3 is 2.14 bits per heavy atom. The van der Waals surface area contributed by atoms with Gasteiger partial charge in [0, 0.05) is 13.1 Å². The molecule has 0 radical (unpaired) electrons. The zero-order valence-electron chi connectivity index (χ0n) is 12.9. The summed E-state index contributed by atoms with van der Waals surface area (Å²) in [5.74, 6) is -0.846. The normalized spacial score (nSPS) is 28.7. The topological polar surface area (TPSA) is 66.8 Å². The van der Waals surface area contributed by atoms with Crippen molar-refractivity contribution in [2.75, 3.05) is 13.1 Å².